The zero-order valence-electron chi connectivity index (χ0n) is 21.4. The minimum atomic E-state index is -0.308. The van der Waals surface area contributed by atoms with Crippen molar-refractivity contribution >= 4 is 28.4 Å². The molecule has 5 rings (SSSR count). The highest BCUT2D eigenvalue weighted by Crippen LogP contribution is 2.34. The van der Waals surface area contributed by atoms with E-state index in [0.29, 0.717) is 41.3 Å². The van der Waals surface area contributed by atoms with E-state index in [1.807, 2.05) is 55.7 Å². The molecule has 1 fully saturated rings. The summed E-state index contributed by atoms with van der Waals surface area (Å²) < 4.78 is 3.33. The number of aromatic nitrogens is 3. The summed E-state index contributed by atoms with van der Waals surface area (Å²) in [7, 11) is 0. The lowest BCUT2D eigenvalue weighted by molar-refractivity contribution is -0.0536. The van der Waals surface area contributed by atoms with Gasteiger partial charge in [0.05, 0.1) is 24.6 Å². The van der Waals surface area contributed by atoms with Crippen LogP contribution in [0.3, 0.4) is 0 Å². The van der Waals surface area contributed by atoms with Crippen molar-refractivity contribution in [2.75, 3.05) is 18.0 Å². The molecule has 10 heteroatoms. The van der Waals surface area contributed by atoms with E-state index < -0.39 is 0 Å². The zero-order valence-corrected chi connectivity index (χ0v) is 21.4. The van der Waals surface area contributed by atoms with E-state index >= 15 is 0 Å². The second kappa shape index (κ2) is 9.84. The first kappa shape index (κ1) is 24.7. The molecule has 0 bridgehead atoms. The lowest BCUT2D eigenvalue weighted by Gasteiger charge is -2.33. The standard InChI is InChI=1S/C27H32N8O2/c1-17(2)10-12-34-25-24(21(13-28)26(34)32-11-6-7-19(29)14-32)30-16-33(27(25)36)15-23-31-22-9-5-4-8-20(22)18(3)35(23)37/h4-5,8-10,16,18-19,37H,6-7,11-12,14-15,29H2,1-3H3/t18?,19-/m0/s1. The van der Waals surface area contributed by atoms with Gasteiger partial charge in [-0.1, -0.05) is 29.8 Å². The van der Waals surface area contributed by atoms with Gasteiger partial charge in [-0.15, -0.1) is 0 Å². The summed E-state index contributed by atoms with van der Waals surface area (Å²) >= 11 is 0. The predicted octanol–water partition coefficient (Wildman–Crippen LogP) is 3.46. The van der Waals surface area contributed by atoms with Crippen LogP contribution in [0.1, 0.15) is 50.8 Å². The smallest absolute Gasteiger partial charge is 0.278 e. The Bertz CT molecular complexity index is 1510. The third-order valence-electron chi connectivity index (χ3n) is 7.13. The molecule has 0 saturated carbocycles. The Morgan fingerprint density at radius 1 is 1.32 bits per heavy atom. The normalized spacial score (nSPS) is 19.4. The monoisotopic (exact) mass is 500 g/mol. The highest BCUT2D eigenvalue weighted by atomic mass is 16.5. The first-order valence-electron chi connectivity index (χ1n) is 12.6. The van der Waals surface area contributed by atoms with Crippen LogP contribution in [0.25, 0.3) is 11.0 Å². The van der Waals surface area contributed by atoms with E-state index in [0.717, 1.165) is 41.3 Å². The summed E-state index contributed by atoms with van der Waals surface area (Å²) in [5.74, 6) is 1.04. The quantitative estimate of drug-likeness (QED) is 0.513. The van der Waals surface area contributed by atoms with Crippen LogP contribution in [0.2, 0.25) is 0 Å². The fourth-order valence-electron chi connectivity index (χ4n) is 5.20. The van der Waals surface area contributed by atoms with Crippen molar-refractivity contribution in [2.45, 2.75) is 58.8 Å². The average molecular weight is 501 g/mol. The predicted molar refractivity (Wildman–Crippen MR) is 143 cm³/mol. The maximum atomic E-state index is 13.9. The number of piperidine rings is 1. The van der Waals surface area contributed by atoms with Crippen molar-refractivity contribution in [3.63, 3.8) is 0 Å². The van der Waals surface area contributed by atoms with Gasteiger partial charge in [-0.3, -0.25) is 14.6 Å². The first-order chi connectivity index (χ1) is 17.8. The molecular weight excluding hydrogens is 468 g/mol. The SMILES string of the molecule is CC(C)=CCn1c(N2CCC[C@H](N)C2)c(C#N)c2ncn(CC3=Nc4ccccc4C(C)N3O)c(=O)c21. The summed E-state index contributed by atoms with van der Waals surface area (Å²) in [6, 6.07) is 9.62. The highest BCUT2D eigenvalue weighted by molar-refractivity contribution is 5.90. The van der Waals surface area contributed by atoms with Crippen molar-refractivity contribution < 1.29 is 5.21 Å². The summed E-state index contributed by atoms with van der Waals surface area (Å²) in [6.07, 6.45) is 5.31. The maximum absolute atomic E-state index is 13.9. The zero-order chi connectivity index (χ0) is 26.3. The van der Waals surface area contributed by atoms with E-state index in [4.69, 9.17) is 5.73 Å². The Morgan fingerprint density at radius 3 is 2.84 bits per heavy atom. The van der Waals surface area contributed by atoms with Gasteiger partial charge in [-0.2, -0.15) is 5.26 Å². The van der Waals surface area contributed by atoms with Crippen LogP contribution in [0.5, 0.6) is 0 Å². The maximum Gasteiger partial charge on any atom is 0.278 e. The van der Waals surface area contributed by atoms with Crippen molar-refractivity contribution in [3.05, 3.63) is 63.7 Å². The molecule has 192 valence electrons. The number of hydrogen-bond donors (Lipinski definition) is 2. The Morgan fingerprint density at radius 2 is 2.11 bits per heavy atom. The molecule has 1 aromatic carbocycles. The van der Waals surface area contributed by atoms with Gasteiger partial charge in [0.1, 0.15) is 34.3 Å². The summed E-state index contributed by atoms with van der Waals surface area (Å²) in [5, 5.41) is 22.1. The molecule has 0 spiro atoms. The van der Waals surface area contributed by atoms with E-state index in [1.54, 1.807) is 0 Å². The van der Waals surface area contributed by atoms with Gasteiger partial charge < -0.3 is 15.2 Å². The van der Waals surface area contributed by atoms with Crippen LogP contribution in [0.15, 0.2) is 52.0 Å². The third kappa shape index (κ3) is 4.41. The molecule has 2 atom stereocenters. The second-order valence-electron chi connectivity index (χ2n) is 10.0. The van der Waals surface area contributed by atoms with E-state index in [-0.39, 0.29) is 24.2 Å². The van der Waals surface area contributed by atoms with Crippen LogP contribution in [-0.2, 0) is 13.1 Å². The van der Waals surface area contributed by atoms with Gasteiger partial charge in [0.15, 0.2) is 0 Å². The number of nitrogens with two attached hydrogens (primary N) is 1. The minimum Gasteiger partial charge on any atom is -0.355 e. The molecule has 4 heterocycles. The molecule has 37 heavy (non-hydrogen) atoms. The Kier molecular flexibility index (Phi) is 6.58. The first-order valence-corrected chi connectivity index (χ1v) is 12.6. The van der Waals surface area contributed by atoms with E-state index in [9.17, 15) is 15.3 Å². The summed E-state index contributed by atoms with van der Waals surface area (Å²) in [5.41, 5.74) is 9.88. The number of para-hydroxylation sites is 1. The topological polar surface area (TPSA) is 129 Å². The number of nitriles is 1. The molecule has 3 N–H and O–H groups in total. The van der Waals surface area contributed by atoms with Gasteiger partial charge in [-0.25, -0.2) is 15.0 Å². The molecule has 2 aromatic heterocycles. The molecule has 1 saturated heterocycles. The molecule has 0 radical (unpaired) electrons. The number of benzene rings is 1. The molecular formula is C27H32N8O2. The van der Waals surface area contributed by atoms with Crippen LogP contribution in [-0.4, -0.2) is 49.4 Å². The Hall–Kier alpha value is -3.94. The van der Waals surface area contributed by atoms with Crippen LogP contribution in [0, 0.1) is 11.3 Å². The van der Waals surface area contributed by atoms with Crippen molar-refractivity contribution in [2.24, 2.45) is 10.7 Å². The van der Waals surface area contributed by atoms with Gasteiger partial charge in [0.25, 0.3) is 5.56 Å². The fourth-order valence-corrected chi connectivity index (χ4v) is 5.20. The molecule has 10 nitrogen and oxygen atoms in total. The van der Waals surface area contributed by atoms with Gasteiger partial charge >= 0.3 is 0 Å². The molecule has 2 aliphatic heterocycles. The summed E-state index contributed by atoms with van der Waals surface area (Å²) in [4.78, 5) is 25.2. The second-order valence-corrected chi connectivity index (χ2v) is 10.0. The number of fused-ring (bicyclic) bond motifs is 2. The molecule has 2 aliphatic rings. The third-order valence-corrected chi connectivity index (χ3v) is 7.13. The molecule has 3 aromatic rings. The Labute approximate surface area is 215 Å². The number of amidine groups is 1. The van der Waals surface area contributed by atoms with E-state index in [2.05, 4.69) is 20.9 Å². The van der Waals surface area contributed by atoms with Crippen molar-refractivity contribution in [1.82, 2.24) is 19.2 Å². The number of allylic oxidation sites excluding steroid dienone is 2. The highest BCUT2D eigenvalue weighted by Gasteiger charge is 2.30. The van der Waals surface area contributed by atoms with Crippen LogP contribution >= 0.6 is 0 Å². The Balaban J connectivity index is 1.65. The van der Waals surface area contributed by atoms with Crippen molar-refractivity contribution in [3.8, 4) is 6.07 Å². The number of aliphatic imine (C=N–C) groups is 1. The van der Waals surface area contributed by atoms with Gasteiger partial charge in [-0.05, 0) is 39.7 Å². The number of hydrogen-bond acceptors (Lipinski definition) is 8. The number of nitrogens with zero attached hydrogens (tertiary/aromatic N) is 7. The van der Waals surface area contributed by atoms with Gasteiger partial charge in [0, 0.05) is 31.2 Å². The van der Waals surface area contributed by atoms with Crippen LogP contribution in [0.4, 0.5) is 11.5 Å². The number of rotatable bonds is 5. The lowest BCUT2D eigenvalue weighted by atomic mass is 10.0. The van der Waals surface area contributed by atoms with Crippen molar-refractivity contribution in [1.29, 1.82) is 5.26 Å². The molecule has 0 aliphatic carbocycles. The lowest BCUT2D eigenvalue weighted by Crippen LogP contribution is -2.44. The van der Waals surface area contributed by atoms with Crippen LogP contribution < -0.4 is 16.2 Å². The number of anilines is 1. The average Bonchev–Trinajstić information content (AvgIpc) is 3.21. The largest absolute Gasteiger partial charge is 0.355 e. The minimum absolute atomic E-state index is 0.00421. The van der Waals surface area contributed by atoms with E-state index in [1.165, 1.54) is 10.9 Å². The molecule has 0 amide bonds. The molecule has 1 unspecified atom stereocenters. The summed E-state index contributed by atoms with van der Waals surface area (Å²) in [6.45, 7) is 7.73. The fraction of sp³-hybridized carbons (Fsp3) is 0.407. The number of hydroxylamine groups is 2. The van der Waals surface area contributed by atoms with Gasteiger partial charge in [0.2, 0.25) is 0 Å².